The van der Waals surface area contributed by atoms with Crippen LogP contribution in [0.1, 0.15) is 17.2 Å². The summed E-state index contributed by atoms with van der Waals surface area (Å²) >= 11 is 9.42. The lowest BCUT2D eigenvalue weighted by Gasteiger charge is -2.17. The molecule has 0 fully saturated rings. The average Bonchev–Trinajstić information content (AvgIpc) is 3.04. The van der Waals surface area contributed by atoms with Crippen LogP contribution in [-0.4, -0.2) is 28.8 Å². The highest BCUT2D eigenvalue weighted by atomic mass is 79.9. The van der Waals surface area contributed by atoms with E-state index < -0.39 is 0 Å². The van der Waals surface area contributed by atoms with Gasteiger partial charge in [-0.05, 0) is 23.6 Å². The van der Waals surface area contributed by atoms with Crippen molar-refractivity contribution in [2.24, 2.45) is 10.1 Å². The van der Waals surface area contributed by atoms with Gasteiger partial charge < -0.3 is 4.74 Å². The fraction of sp³-hybridized carbons (Fsp3) is 0.143. The standard InChI is InChI=1S/C21H14BrClN3O2/c1-28-16-8-5-11-3-2-4-13-18(11)19(16)20-21(13)26(25-17(27)10-22)15-7-6-12(23)9-14(15)24-20/h2-9,21H,10H2,1H3/q+1. The van der Waals surface area contributed by atoms with Crippen molar-refractivity contribution in [2.45, 2.75) is 6.04 Å². The summed E-state index contributed by atoms with van der Waals surface area (Å²) in [6.07, 6.45) is 0. The van der Waals surface area contributed by atoms with Crippen molar-refractivity contribution in [1.82, 2.24) is 0 Å². The van der Waals surface area contributed by atoms with Crippen molar-refractivity contribution in [1.29, 1.82) is 0 Å². The van der Waals surface area contributed by atoms with E-state index in [2.05, 4.69) is 33.2 Å². The molecular weight excluding hydrogens is 442 g/mol. The number of alkyl halides is 1. The summed E-state index contributed by atoms with van der Waals surface area (Å²) in [6.45, 7) is 0. The number of carbonyl (C=O) groups is 1. The zero-order chi connectivity index (χ0) is 19.4. The molecule has 3 aromatic rings. The Labute approximate surface area is 174 Å². The number of hydrogen-bond donors (Lipinski definition) is 0. The third-order valence-electron chi connectivity index (χ3n) is 5.07. The van der Waals surface area contributed by atoms with Gasteiger partial charge in [0.25, 0.3) is 11.7 Å². The van der Waals surface area contributed by atoms with Crippen LogP contribution in [0.5, 0.6) is 5.75 Å². The van der Waals surface area contributed by atoms with Crippen molar-refractivity contribution in [3.63, 3.8) is 0 Å². The number of amides is 1. The number of ether oxygens (including phenoxy) is 1. The molecule has 0 aromatic heterocycles. The van der Waals surface area contributed by atoms with E-state index in [-0.39, 0.29) is 17.3 Å². The van der Waals surface area contributed by atoms with Crippen molar-refractivity contribution in [3.8, 4) is 5.75 Å². The molecule has 0 saturated carbocycles. The van der Waals surface area contributed by atoms with E-state index in [1.165, 1.54) is 0 Å². The van der Waals surface area contributed by atoms with Crippen LogP contribution in [0, 0.1) is 0 Å². The van der Waals surface area contributed by atoms with Gasteiger partial charge in [-0.3, -0.25) is 4.79 Å². The van der Waals surface area contributed by atoms with Gasteiger partial charge in [0.15, 0.2) is 0 Å². The predicted octanol–water partition coefficient (Wildman–Crippen LogP) is 5.71. The third-order valence-corrected chi connectivity index (χ3v) is 5.79. The topological polar surface area (TPSA) is 54.0 Å². The molecule has 2 aliphatic rings. The molecule has 0 radical (unpaired) electrons. The number of azo groups is 2. The zero-order valence-electron chi connectivity index (χ0n) is 14.8. The van der Waals surface area contributed by atoms with Gasteiger partial charge in [0.05, 0.1) is 18.0 Å². The smallest absolute Gasteiger partial charge is 0.319 e. The first-order chi connectivity index (χ1) is 13.6. The van der Waals surface area contributed by atoms with Crippen molar-refractivity contribution in [2.75, 3.05) is 12.4 Å². The van der Waals surface area contributed by atoms with E-state index >= 15 is 0 Å². The van der Waals surface area contributed by atoms with Gasteiger partial charge in [-0.1, -0.05) is 56.5 Å². The minimum absolute atomic E-state index is 0.145. The van der Waals surface area contributed by atoms with Crippen LogP contribution in [0.3, 0.4) is 0 Å². The Morgan fingerprint density at radius 3 is 2.93 bits per heavy atom. The molecule has 5 nitrogen and oxygen atoms in total. The quantitative estimate of drug-likeness (QED) is 0.367. The first-order valence-electron chi connectivity index (χ1n) is 8.70. The zero-order valence-corrected chi connectivity index (χ0v) is 17.2. The van der Waals surface area contributed by atoms with E-state index in [0.717, 1.165) is 39.0 Å². The van der Waals surface area contributed by atoms with Gasteiger partial charge in [-0.25, -0.2) is 4.99 Å². The van der Waals surface area contributed by atoms with Crippen LogP contribution in [0.25, 0.3) is 10.8 Å². The molecule has 7 heteroatoms. The highest BCUT2D eigenvalue weighted by Gasteiger charge is 2.46. The number of rotatable bonds is 2. The van der Waals surface area contributed by atoms with Gasteiger partial charge in [0, 0.05) is 27.2 Å². The number of nitrogens with zero attached hydrogens (tertiary/aromatic N) is 3. The fourth-order valence-electron chi connectivity index (χ4n) is 4.00. The van der Waals surface area contributed by atoms with E-state index in [1.807, 2.05) is 24.3 Å². The van der Waals surface area contributed by atoms with Gasteiger partial charge >= 0.3 is 5.91 Å². The third kappa shape index (κ3) is 2.45. The minimum Gasteiger partial charge on any atom is -0.496 e. The lowest BCUT2D eigenvalue weighted by Crippen LogP contribution is -2.23. The van der Waals surface area contributed by atoms with Crippen molar-refractivity contribution >= 4 is 61.3 Å². The van der Waals surface area contributed by atoms with E-state index in [4.69, 9.17) is 21.3 Å². The summed E-state index contributed by atoms with van der Waals surface area (Å²) in [4.78, 5) is 17.2. The van der Waals surface area contributed by atoms with Gasteiger partial charge in [-0.15, -0.1) is 0 Å². The monoisotopic (exact) mass is 454 g/mol. The molecule has 0 spiro atoms. The molecule has 0 bridgehead atoms. The Kier molecular flexibility index (Phi) is 4.07. The maximum absolute atomic E-state index is 12.2. The summed E-state index contributed by atoms with van der Waals surface area (Å²) in [5.41, 5.74) is 4.23. The van der Waals surface area contributed by atoms with E-state index in [0.29, 0.717) is 10.7 Å². The highest BCUT2D eigenvalue weighted by Crippen LogP contribution is 2.50. The molecule has 1 heterocycles. The first kappa shape index (κ1) is 17.5. The summed E-state index contributed by atoms with van der Waals surface area (Å²) in [6, 6.07) is 15.2. The molecule has 5 rings (SSSR count). The number of aliphatic imine (C=N–C) groups is 1. The molecular formula is C21H14BrClN3O2+. The summed E-state index contributed by atoms with van der Waals surface area (Å²) in [5, 5.41) is 7.28. The van der Waals surface area contributed by atoms with E-state index in [9.17, 15) is 4.79 Å². The molecule has 0 saturated heterocycles. The lowest BCUT2D eigenvalue weighted by atomic mass is 10.0. The summed E-state index contributed by atoms with van der Waals surface area (Å²) in [7, 11) is 1.65. The molecule has 1 aliphatic heterocycles. The second-order valence-electron chi connectivity index (χ2n) is 6.59. The predicted molar refractivity (Wildman–Crippen MR) is 112 cm³/mol. The van der Waals surface area contributed by atoms with E-state index in [1.54, 1.807) is 23.9 Å². The fourth-order valence-corrected chi connectivity index (χ4v) is 4.27. The number of halogens is 2. The highest BCUT2D eigenvalue weighted by molar-refractivity contribution is 9.09. The second-order valence-corrected chi connectivity index (χ2v) is 7.59. The molecule has 28 heavy (non-hydrogen) atoms. The molecule has 1 unspecified atom stereocenters. The maximum atomic E-state index is 12.2. The lowest BCUT2D eigenvalue weighted by molar-refractivity contribution is -0.535. The SMILES string of the molecule is COc1ccc2cccc3c2c1C1=Nc2cc(Cl)ccc2[N+](=NC(=O)CBr)C13. The van der Waals surface area contributed by atoms with Crippen LogP contribution in [0.2, 0.25) is 5.02 Å². The summed E-state index contributed by atoms with van der Waals surface area (Å²) in [5.74, 6) is 0.482. The van der Waals surface area contributed by atoms with Crippen molar-refractivity contribution < 1.29 is 14.2 Å². The largest absolute Gasteiger partial charge is 0.496 e. The maximum Gasteiger partial charge on any atom is 0.319 e. The molecule has 3 aromatic carbocycles. The van der Waals surface area contributed by atoms with Crippen LogP contribution >= 0.6 is 27.5 Å². The Bertz CT molecular complexity index is 1240. The Morgan fingerprint density at radius 2 is 2.14 bits per heavy atom. The van der Waals surface area contributed by atoms with Crippen LogP contribution < -0.4 is 4.74 Å². The second kappa shape index (κ2) is 6.50. The number of fused-ring (bicyclic) bond motifs is 4. The van der Waals surface area contributed by atoms with Gasteiger partial charge in [0.2, 0.25) is 0 Å². The van der Waals surface area contributed by atoms with Gasteiger partial charge in [-0.2, -0.15) is 0 Å². The summed E-state index contributed by atoms with van der Waals surface area (Å²) < 4.78 is 7.40. The van der Waals surface area contributed by atoms with Crippen LogP contribution in [0.15, 0.2) is 58.6 Å². The molecule has 1 atom stereocenters. The normalized spacial score (nSPS) is 18.0. The van der Waals surface area contributed by atoms with Crippen LogP contribution in [-0.2, 0) is 4.79 Å². The Balaban J connectivity index is 1.89. The number of benzene rings is 3. The van der Waals surface area contributed by atoms with Crippen molar-refractivity contribution in [3.05, 3.63) is 64.7 Å². The Hall–Kier alpha value is -2.57. The molecule has 1 amide bonds. The number of methoxy groups -OCH3 is 1. The minimum atomic E-state index is -0.299. The number of hydrogen-bond acceptors (Lipinski definition) is 3. The molecule has 138 valence electrons. The van der Waals surface area contributed by atoms with Crippen LogP contribution in [0.4, 0.5) is 11.4 Å². The average molecular weight is 456 g/mol. The van der Waals surface area contributed by atoms with Gasteiger partial charge in [0.1, 0.15) is 17.1 Å². The first-order valence-corrected chi connectivity index (χ1v) is 10.2. The molecule has 1 aliphatic carbocycles. The number of carbonyl (C=O) groups excluding carboxylic acids is 1. The Morgan fingerprint density at radius 1 is 1.29 bits per heavy atom. The molecule has 0 N–H and O–H groups in total.